The average molecular weight is 312 g/mol. The van der Waals surface area contributed by atoms with Crippen LogP contribution < -0.4 is 11.1 Å². The van der Waals surface area contributed by atoms with Gasteiger partial charge in [0, 0.05) is 15.2 Å². The van der Waals surface area contributed by atoms with E-state index >= 15 is 0 Å². The minimum Gasteiger partial charge on any atom is -0.397 e. The van der Waals surface area contributed by atoms with Crippen LogP contribution in [0.4, 0.5) is 17.1 Å². The van der Waals surface area contributed by atoms with Crippen LogP contribution in [0.3, 0.4) is 0 Å². The van der Waals surface area contributed by atoms with Crippen LogP contribution >= 0.6 is 27.5 Å². The van der Waals surface area contributed by atoms with Gasteiger partial charge >= 0.3 is 0 Å². The molecule has 2 nitrogen and oxygen atoms in total. The highest BCUT2D eigenvalue weighted by Crippen LogP contribution is 2.28. The quantitative estimate of drug-likeness (QED) is 0.786. The number of hydrogen-bond acceptors (Lipinski definition) is 2. The summed E-state index contributed by atoms with van der Waals surface area (Å²) in [6, 6.07) is 11.5. The van der Waals surface area contributed by atoms with Crippen LogP contribution in [0.5, 0.6) is 0 Å². The third-order valence-corrected chi connectivity index (χ3v) is 3.20. The number of anilines is 3. The normalized spacial score (nSPS) is 10.3. The maximum Gasteiger partial charge on any atom is 0.0619 e. The summed E-state index contributed by atoms with van der Waals surface area (Å²) < 4.78 is 1.06. The summed E-state index contributed by atoms with van der Waals surface area (Å²) in [5.41, 5.74) is 9.57. The van der Waals surface area contributed by atoms with Crippen molar-refractivity contribution in [3.8, 4) is 0 Å². The van der Waals surface area contributed by atoms with Crippen molar-refractivity contribution in [2.24, 2.45) is 0 Å². The number of aryl methyl sites for hydroxylation is 1. The molecule has 0 aliphatic carbocycles. The van der Waals surface area contributed by atoms with Gasteiger partial charge in [0.25, 0.3) is 0 Å². The van der Waals surface area contributed by atoms with Gasteiger partial charge in [0.2, 0.25) is 0 Å². The molecule has 0 amide bonds. The molecule has 3 N–H and O–H groups in total. The monoisotopic (exact) mass is 310 g/mol. The van der Waals surface area contributed by atoms with Crippen molar-refractivity contribution in [1.29, 1.82) is 0 Å². The van der Waals surface area contributed by atoms with E-state index in [9.17, 15) is 0 Å². The molecular formula is C13H12BrClN2. The Labute approximate surface area is 114 Å². The van der Waals surface area contributed by atoms with E-state index < -0.39 is 0 Å². The van der Waals surface area contributed by atoms with E-state index in [1.165, 1.54) is 0 Å². The zero-order chi connectivity index (χ0) is 12.4. The molecule has 0 aromatic heterocycles. The maximum atomic E-state index is 5.89. The van der Waals surface area contributed by atoms with Crippen molar-refractivity contribution in [1.82, 2.24) is 0 Å². The SMILES string of the molecule is Cc1cc(Br)ccc1Nc1ccc(Cl)cc1N. The zero-order valence-corrected chi connectivity index (χ0v) is 11.6. The Morgan fingerprint density at radius 1 is 1.12 bits per heavy atom. The summed E-state index contributed by atoms with van der Waals surface area (Å²) in [4.78, 5) is 0. The molecular weight excluding hydrogens is 300 g/mol. The molecule has 0 heterocycles. The summed E-state index contributed by atoms with van der Waals surface area (Å²) in [5.74, 6) is 0. The number of rotatable bonds is 2. The molecule has 0 fully saturated rings. The number of hydrogen-bond donors (Lipinski definition) is 2. The predicted molar refractivity (Wildman–Crippen MR) is 78.0 cm³/mol. The Kier molecular flexibility index (Phi) is 3.60. The Morgan fingerprint density at radius 2 is 1.82 bits per heavy atom. The molecule has 0 spiro atoms. The first-order valence-electron chi connectivity index (χ1n) is 5.14. The summed E-state index contributed by atoms with van der Waals surface area (Å²) in [6.45, 7) is 2.04. The van der Waals surface area contributed by atoms with Gasteiger partial charge < -0.3 is 11.1 Å². The first kappa shape index (κ1) is 12.3. The summed E-state index contributed by atoms with van der Waals surface area (Å²) in [5, 5.41) is 3.93. The molecule has 0 radical (unpaired) electrons. The third-order valence-electron chi connectivity index (χ3n) is 2.47. The minimum atomic E-state index is 0.639. The van der Waals surface area contributed by atoms with E-state index in [1.807, 2.05) is 31.2 Å². The molecule has 2 aromatic carbocycles. The lowest BCUT2D eigenvalue weighted by atomic mass is 10.2. The van der Waals surface area contributed by atoms with Gasteiger partial charge in [0.05, 0.1) is 11.4 Å². The molecule has 2 aromatic rings. The van der Waals surface area contributed by atoms with E-state index in [-0.39, 0.29) is 0 Å². The van der Waals surface area contributed by atoms with Crippen LogP contribution in [0.1, 0.15) is 5.56 Å². The summed E-state index contributed by atoms with van der Waals surface area (Å²) in [6.07, 6.45) is 0. The Balaban J connectivity index is 2.31. The second-order valence-corrected chi connectivity index (χ2v) is 5.17. The molecule has 0 bridgehead atoms. The lowest BCUT2D eigenvalue weighted by Gasteiger charge is -2.12. The molecule has 0 unspecified atom stereocenters. The second-order valence-electron chi connectivity index (χ2n) is 3.82. The maximum absolute atomic E-state index is 5.89. The number of halogens is 2. The highest BCUT2D eigenvalue weighted by atomic mass is 79.9. The smallest absolute Gasteiger partial charge is 0.0619 e. The first-order valence-corrected chi connectivity index (χ1v) is 6.31. The lowest BCUT2D eigenvalue weighted by Crippen LogP contribution is -1.97. The Morgan fingerprint density at radius 3 is 2.47 bits per heavy atom. The number of nitrogens with one attached hydrogen (secondary N) is 1. The molecule has 2 rings (SSSR count). The molecule has 0 atom stereocenters. The average Bonchev–Trinajstić information content (AvgIpc) is 2.25. The number of nitrogens with two attached hydrogens (primary N) is 1. The van der Waals surface area contributed by atoms with Gasteiger partial charge in [-0.05, 0) is 48.9 Å². The molecule has 88 valence electrons. The van der Waals surface area contributed by atoms with Crippen LogP contribution in [-0.4, -0.2) is 0 Å². The van der Waals surface area contributed by atoms with Gasteiger partial charge in [0.15, 0.2) is 0 Å². The fraction of sp³-hybridized carbons (Fsp3) is 0.0769. The van der Waals surface area contributed by atoms with Gasteiger partial charge in [-0.2, -0.15) is 0 Å². The highest BCUT2D eigenvalue weighted by Gasteiger charge is 2.03. The number of nitrogen functional groups attached to an aromatic ring is 1. The standard InChI is InChI=1S/C13H12BrClN2/c1-8-6-9(14)2-4-12(8)17-13-5-3-10(15)7-11(13)16/h2-7,17H,16H2,1H3. The van der Waals surface area contributed by atoms with Gasteiger partial charge in [-0.3, -0.25) is 0 Å². The number of benzene rings is 2. The third kappa shape index (κ3) is 2.93. The largest absolute Gasteiger partial charge is 0.397 e. The fourth-order valence-corrected chi connectivity index (χ4v) is 2.22. The van der Waals surface area contributed by atoms with Crippen LogP contribution in [0.15, 0.2) is 40.9 Å². The summed E-state index contributed by atoms with van der Waals surface area (Å²) in [7, 11) is 0. The van der Waals surface area contributed by atoms with Crippen molar-refractivity contribution in [3.05, 3.63) is 51.5 Å². The lowest BCUT2D eigenvalue weighted by molar-refractivity contribution is 1.42. The van der Waals surface area contributed by atoms with Gasteiger partial charge in [-0.1, -0.05) is 27.5 Å². The molecule has 0 saturated heterocycles. The molecule has 4 heteroatoms. The van der Waals surface area contributed by atoms with Gasteiger partial charge in [-0.15, -0.1) is 0 Å². The Bertz CT molecular complexity index is 506. The van der Waals surface area contributed by atoms with E-state index in [0.717, 1.165) is 21.4 Å². The van der Waals surface area contributed by atoms with Crippen LogP contribution in [-0.2, 0) is 0 Å². The fourth-order valence-electron chi connectivity index (χ4n) is 1.56. The van der Waals surface area contributed by atoms with Gasteiger partial charge in [-0.25, -0.2) is 0 Å². The van der Waals surface area contributed by atoms with Crippen molar-refractivity contribution in [2.45, 2.75) is 6.92 Å². The van der Waals surface area contributed by atoms with Crippen LogP contribution in [0, 0.1) is 6.92 Å². The molecule has 0 aliphatic heterocycles. The van der Waals surface area contributed by atoms with Crippen molar-refractivity contribution >= 4 is 44.6 Å². The van der Waals surface area contributed by atoms with Crippen molar-refractivity contribution in [2.75, 3.05) is 11.1 Å². The summed E-state index contributed by atoms with van der Waals surface area (Å²) >= 11 is 9.29. The van der Waals surface area contributed by atoms with E-state index in [4.69, 9.17) is 17.3 Å². The van der Waals surface area contributed by atoms with Crippen LogP contribution in [0.2, 0.25) is 5.02 Å². The van der Waals surface area contributed by atoms with Crippen molar-refractivity contribution < 1.29 is 0 Å². The predicted octanol–water partition coefficient (Wildman–Crippen LogP) is 4.74. The van der Waals surface area contributed by atoms with E-state index in [0.29, 0.717) is 10.7 Å². The molecule has 0 aliphatic rings. The zero-order valence-electron chi connectivity index (χ0n) is 9.30. The van der Waals surface area contributed by atoms with Crippen LogP contribution in [0.25, 0.3) is 0 Å². The topological polar surface area (TPSA) is 38.0 Å². The molecule has 17 heavy (non-hydrogen) atoms. The first-order chi connectivity index (χ1) is 8.06. The van der Waals surface area contributed by atoms with E-state index in [1.54, 1.807) is 6.07 Å². The molecule has 0 saturated carbocycles. The van der Waals surface area contributed by atoms with Crippen molar-refractivity contribution in [3.63, 3.8) is 0 Å². The second kappa shape index (κ2) is 4.98. The van der Waals surface area contributed by atoms with E-state index in [2.05, 4.69) is 27.3 Å². The minimum absolute atomic E-state index is 0.639. The Hall–Kier alpha value is -1.19. The highest BCUT2D eigenvalue weighted by molar-refractivity contribution is 9.10. The van der Waals surface area contributed by atoms with Gasteiger partial charge in [0.1, 0.15) is 0 Å².